The summed E-state index contributed by atoms with van der Waals surface area (Å²) < 4.78 is 5.40. The highest BCUT2D eigenvalue weighted by Gasteiger charge is 2.11. The quantitative estimate of drug-likeness (QED) is 0.292. The average Bonchev–Trinajstić information content (AvgIpc) is 2.69. The van der Waals surface area contributed by atoms with Gasteiger partial charge in [-0.1, -0.05) is 30.3 Å². The summed E-state index contributed by atoms with van der Waals surface area (Å²) in [6.07, 6.45) is 1.05. The Bertz CT molecular complexity index is 537. The van der Waals surface area contributed by atoms with Crippen molar-refractivity contribution >= 4 is 29.9 Å². The van der Waals surface area contributed by atoms with Gasteiger partial charge in [-0.15, -0.1) is 24.0 Å². The van der Waals surface area contributed by atoms with Crippen LogP contribution in [0.3, 0.4) is 0 Å². The number of halogens is 1. The molecule has 1 aromatic carbocycles. The third-order valence-electron chi connectivity index (χ3n) is 5.01. The minimum atomic E-state index is 0. The van der Waals surface area contributed by atoms with Crippen LogP contribution in [-0.2, 0) is 11.3 Å². The second-order valence-corrected chi connectivity index (χ2v) is 7.18. The summed E-state index contributed by atoms with van der Waals surface area (Å²) in [6.45, 7) is 12.8. The SMILES string of the molecule is CCNC(=NCCC(C)N(C)Cc1ccccc1)NCCN1CCOCC1.I. The van der Waals surface area contributed by atoms with Crippen molar-refractivity contribution in [2.45, 2.75) is 32.9 Å². The lowest BCUT2D eigenvalue weighted by atomic mass is 10.1. The molecule has 1 saturated heterocycles. The van der Waals surface area contributed by atoms with E-state index in [0.29, 0.717) is 6.04 Å². The van der Waals surface area contributed by atoms with Crippen LogP contribution in [0.1, 0.15) is 25.8 Å². The minimum absolute atomic E-state index is 0. The maximum absolute atomic E-state index is 5.40. The molecule has 1 aliphatic heterocycles. The highest BCUT2D eigenvalue weighted by atomic mass is 127. The van der Waals surface area contributed by atoms with Crippen molar-refractivity contribution in [2.75, 3.05) is 59.5 Å². The van der Waals surface area contributed by atoms with Crippen LogP contribution < -0.4 is 10.6 Å². The zero-order valence-electron chi connectivity index (χ0n) is 17.7. The molecule has 1 aliphatic rings. The van der Waals surface area contributed by atoms with Gasteiger partial charge in [0, 0.05) is 51.9 Å². The van der Waals surface area contributed by atoms with E-state index in [0.717, 1.165) is 71.4 Å². The number of hydrogen-bond acceptors (Lipinski definition) is 4. The molecule has 1 aromatic rings. The third kappa shape index (κ3) is 10.0. The first-order valence-corrected chi connectivity index (χ1v) is 10.3. The lowest BCUT2D eigenvalue weighted by Crippen LogP contribution is -2.44. The van der Waals surface area contributed by atoms with E-state index in [2.05, 4.69) is 71.7 Å². The van der Waals surface area contributed by atoms with Gasteiger partial charge in [-0.05, 0) is 32.9 Å². The highest BCUT2D eigenvalue weighted by Crippen LogP contribution is 2.08. The summed E-state index contributed by atoms with van der Waals surface area (Å²) in [5.41, 5.74) is 1.36. The standard InChI is InChI=1S/C21H37N5O.HI/c1-4-22-21(24-12-13-26-14-16-27-17-15-26)23-11-10-19(2)25(3)18-20-8-6-5-7-9-20;/h5-9,19H,4,10-18H2,1-3H3,(H2,22,23,24);1H. The van der Waals surface area contributed by atoms with E-state index in [9.17, 15) is 0 Å². The van der Waals surface area contributed by atoms with Gasteiger partial charge in [0.05, 0.1) is 13.2 Å². The molecular weight excluding hydrogens is 465 g/mol. The molecule has 2 N–H and O–H groups in total. The van der Waals surface area contributed by atoms with E-state index in [1.54, 1.807) is 0 Å². The van der Waals surface area contributed by atoms with Crippen LogP contribution in [0, 0.1) is 0 Å². The molecule has 0 aromatic heterocycles. The van der Waals surface area contributed by atoms with Gasteiger partial charge >= 0.3 is 0 Å². The fourth-order valence-electron chi connectivity index (χ4n) is 3.11. The summed E-state index contributed by atoms with van der Waals surface area (Å²) in [5.74, 6) is 0.920. The van der Waals surface area contributed by atoms with E-state index >= 15 is 0 Å². The Labute approximate surface area is 188 Å². The van der Waals surface area contributed by atoms with Crippen molar-refractivity contribution in [3.05, 3.63) is 35.9 Å². The van der Waals surface area contributed by atoms with Crippen LogP contribution in [0.2, 0.25) is 0 Å². The van der Waals surface area contributed by atoms with Crippen molar-refractivity contribution < 1.29 is 4.74 Å². The molecular formula is C21H38IN5O. The third-order valence-corrected chi connectivity index (χ3v) is 5.01. The van der Waals surface area contributed by atoms with E-state index in [-0.39, 0.29) is 24.0 Å². The first-order valence-electron chi connectivity index (χ1n) is 10.3. The predicted octanol–water partition coefficient (Wildman–Crippen LogP) is 2.40. The Morgan fingerprint density at radius 1 is 1.21 bits per heavy atom. The van der Waals surface area contributed by atoms with E-state index in [1.165, 1.54) is 5.56 Å². The molecule has 0 bridgehead atoms. The van der Waals surface area contributed by atoms with Crippen molar-refractivity contribution in [2.24, 2.45) is 4.99 Å². The molecule has 7 heteroatoms. The van der Waals surface area contributed by atoms with Crippen LogP contribution in [0.25, 0.3) is 0 Å². The van der Waals surface area contributed by atoms with Crippen LogP contribution in [-0.4, -0.2) is 81.3 Å². The number of morpholine rings is 1. The summed E-state index contributed by atoms with van der Waals surface area (Å²) >= 11 is 0. The number of nitrogens with one attached hydrogen (secondary N) is 2. The maximum atomic E-state index is 5.40. The topological polar surface area (TPSA) is 52.1 Å². The first kappa shape index (κ1) is 25.1. The number of hydrogen-bond donors (Lipinski definition) is 2. The molecule has 0 spiro atoms. The average molecular weight is 503 g/mol. The highest BCUT2D eigenvalue weighted by molar-refractivity contribution is 14.0. The second kappa shape index (κ2) is 15.0. The normalized spacial score (nSPS) is 16.5. The summed E-state index contributed by atoms with van der Waals surface area (Å²) in [7, 11) is 2.19. The predicted molar refractivity (Wildman–Crippen MR) is 129 cm³/mol. The van der Waals surface area contributed by atoms with Gasteiger partial charge in [0.1, 0.15) is 0 Å². The number of benzene rings is 1. The molecule has 0 saturated carbocycles. The van der Waals surface area contributed by atoms with Crippen LogP contribution >= 0.6 is 24.0 Å². The molecule has 0 radical (unpaired) electrons. The van der Waals surface area contributed by atoms with Crippen molar-refractivity contribution in [1.82, 2.24) is 20.4 Å². The van der Waals surface area contributed by atoms with Crippen LogP contribution in [0.4, 0.5) is 0 Å². The van der Waals surface area contributed by atoms with E-state index < -0.39 is 0 Å². The Kier molecular flexibility index (Phi) is 13.5. The van der Waals surface area contributed by atoms with Gasteiger partial charge in [-0.3, -0.25) is 14.8 Å². The van der Waals surface area contributed by atoms with Gasteiger partial charge in [0.2, 0.25) is 0 Å². The molecule has 1 atom stereocenters. The zero-order valence-corrected chi connectivity index (χ0v) is 20.0. The van der Waals surface area contributed by atoms with Crippen molar-refractivity contribution in [1.29, 1.82) is 0 Å². The van der Waals surface area contributed by atoms with Gasteiger partial charge in [-0.25, -0.2) is 0 Å². The number of rotatable bonds is 10. The van der Waals surface area contributed by atoms with Crippen LogP contribution in [0.5, 0.6) is 0 Å². The maximum Gasteiger partial charge on any atom is 0.191 e. The Hall–Kier alpha value is -0.900. The number of aliphatic imine (C=N–C) groups is 1. The number of nitrogens with zero attached hydrogens (tertiary/aromatic N) is 3. The molecule has 6 nitrogen and oxygen atoms in total. The van der Waals surface area contributed by atoms with Crippen molar-refractivity contribution in [3.63, 3.8) is 0 Å². The molecule has 28 heavy (non-hydrogen) atoms. The largest absolute Gasteiger partial charge is 0.379 e. The first-order chi connectivity index (χ1) is 13.2. The fraction of sp³-hybridized carbons (Fsp3) is 0.667. The Morgan fingerprint density at radius 2 is 1.93 bits per heavy atom. The molecule has 1 fully saturated rings. The van der Waals surface area contributed by atoms with Gasteiger partial charge < -0.3 is 15.4 Å². The lowest BCUT2D eigenvalue weighted by Gasteiger charge is -2.27. The van der Waals surface area contributed by atoms with E-state index in [4.69, 9.17) is 9.73 Å². The van der Waals surface area contributed by atoms with Gasteiger partial charge in [0.15, 0.2) is 5.96 Å². The summed E-state index contributed by atoms with van der Waals surface area (Å²) in [6, 6.07) is 11.1. The summed E-state index contributed by atoms with van der Waals surface area (Å²) in [4.78, 5) is 9.57. The van der Waals surface area contributed by atoms with Gasteiger partial charge in [0.25, 0.3) is 0 Å². The minimum Gasteiger partial charge on any atom is -0.379 e. The molecule has 0 aliphatic carbocycles. The summed E-state index contributed by atoms with van der Waals surface area (Å²) in [5, 5.41) is 6.80. The molecule has 1 unspecified atom stereocenters. The number of ether oxygens (including phenoxy) is 1. The lowest BCUT2D eigenvalue weighted by molar-refractivity contribution is 0.0389. The number of guanidine groups is 1. The Morgan fingerprint density at radius 3 is 2.61 bits per heavy atom. The van der Waals surface area contributed by atoms with E-state index in [1.807, 2.05) is 0 Å². The monoisotopic (exact) mass is 503 g/mol. The van der Waals surface area contributed by atoms with Crippen LogP contribution in [0.15, 0.2) is 35.3 Å². The second-order valence-electron chi connectivity index (χ2n) is 7.18. The molecule has 1 heterocycles. The molecule has 0 amide bonds. The zero-order chi connectivity index (χ0) is 19.3. The van der Waals surface area contributed by atoms with Crippen molar-refractivity contribution in [3.8, 4) is 0 Å². The fourth-order valence-corrected chi connectivity index (χ4v) is 3.11. The smallest absolute Gasteiger partial charge is 0.191 e. The van der Waals surface area contributed by atoms with Gasteiger partial charge in [-0.2, -0.15) is 0 Å². The Balaban J connectivity index is 0.00000392. The molecule has 160 valence electrons. The molecule has 2 rings (SSSR count).